The predicted molar refractivity (Wildman–Crippen MR) is 82.8 cm³/mol. The normalized spacial score (nSPS) is 13.7. The largest absolute Gasteiger partial charge is 0.463 e. The van der Waals surface area contributed by atoms with Crippen LogP contribution in [0.5, 0.6) is 0 Å². The smallest absolute Gasteiger partial charge is 0.155 e. The fraction of sp³-hybridized carbons (Fsp3) is 0.562. The number of nitrogens with one attached hydrogen (secondary N) is 1. The second-order valence-electron chi connectivity index (χ2n) is 4.68. The minimum Gasteiger partial charge on any atom is -0.463 e. The second-order valence-corrected chi connectivity index (χ2v) is 4.68. The van der Waals surface area contributed by atoms with E-state index in [1.807, 2.05) is 13.8 Å². The predicted octanol–water partition coefficient (Wildman–Crippen LogP) is 3.62. The van der Waals surface area contributed by atoms with Gasteiger partial charge in [0.25, 0.3) is 0 Å². The molecule has 4 nitrogen and oxygen atoms in total. The van der Waals surface area contributed by atoms with Crippen molar-refractivity contribution >= 4 is 6.21 Å². The van der Waals surface area contributed by atoms with E-state index in [0.717, 1.165) is 24.6 Å². The number of hydrogen-bond acceptors (Lipinski definition) is 4. The van der Waals surface area contributed by atoms with Crippen molar-refractivity contribution in [3.63, 3.8) is 0 Å². The molecule has 0 fully saturated rings. The van der Waals surface area contributed by atoms with E-state index in [4.69, 9.17) is 20.4 Å². The number of hydrogen-bond donors (Lipinski definition) is 3. The van der Waals surface area contributed by atoms with Gasteiger partial charge in [0.2, 0.25) is 0 Å². The van der Waals surface area contributed by atoms with Gasteiger partial charge in [-0.05, 0) is 25.0 Å². The van der Waals surface area contributed by atoms with Crippen molar-refractivity contribution in [3.05, 3.63) is 35.3 Å². The topological polar surface area (TPSA) is 73.5 Å². The van der Waals surface area contributed by atoms with Gasteiger partial charge in [0.05, 0.1) is 0 Å². The van der Waals surface area contributed by atoms with Gasteiger partial charge in [-0.25, -0.2) is 4.39 Å². The molecule has 0 atom stereocenters. The van der Waals surface area contributed by atoms with Crippen molar-refractivity contribution in [1.82, 2.24) is 0 Å². The molecule has 0 aromatic heterocycles. The van der Waals surface area contributed by atoms with Crippen LogP contribution in [0.3, 0.4) is 0 Å². The highest BCUT2D eigenvalue weighted by atomic mass is 19.1. The van der Waals surface area contributed by atoms with Gasteiger partial charge in [-0.3, -0.25) is 0 Å². The summed E-state index contributed by atoms with van der Waals surface area (Å²) in [6, 6.07) is 0. The van der Waals surface area contributed by atoms with E-state index < -0.39 is 13.0 Å². The van der Waals surface area contributed by atoms with Crippen molar-refractivity contribution in [1.29, 1.82) is 5.41 Å². The van der Waals surface area contributed by atoms with Crippen LogP contribution in [0.1, 0.15) is 46.0 Å². The van der Waals surface area contributed by atoms with Crippen LogP contribution < -0.4 is 0 Å². The molecular weight excluding hydrogens is 273 g/mol. The molecular formula is C16H26FNO3. The summed E-state index contributed by atoms with van der Waals surface area (Å²) < 4.78 is 18.4. The molecule has 0 saturated carbocycles. The number of ether oxygens (including phenoxy) is 1. The van der Waals surface area contributed by atoms with Gasteiger partial charge >= 0.3 is 0 Å². The van der Waals surface area contributed by atoms with Gasteiger partial charge < -0.3 is 20.4 Å². The highest BCUT2D eigenvalue weighted by Gasteiger charge is 2.05. The quantitative estimate of drug-likeness (QED) is 0.236. The summed E-state index contributed by atoms with van der Waals surface area (Å²) in [5.41, 5.74) is 0.829. The van der Waals surface area contributed by atoms with E-state index >= 15 is 0 Å². The first-order valence-corrected chi connectivity index (χ1v) is 7.25. The van der Waals surface area contributed by atoms with E-state index in [-0.39, 0.29) is 12.2 Å². The standard InChI is InChI=1S/C16H26FNO3/c1-3-5-13(11-16(19)20)7-8-15(12-17)21-14(6-4-2)9-10-18/h7-10,16,18-20H,3-6,11-12H2,1-2H3/b13-7?,14-9+,15-8?,18-10?. The van der Waals surface area contributed by atoms with Gasteiger partial charge in [0.15, 0.2) is 6.29 Å². The van der Waals surface area contributed by atoms with E-state index in [2.05, 4.69) is 0 Å². The molecule has 120 valence electrons. The van der Waals surface area contributed by atoms with E-state index in [0.29, 0.717) is 18.6 Å². The molecule has 0 aliphatic rings. The molecule has 0 spiro atoms. The molecule has 21 heavy (non-hydrogen) atoms. The zero-order valence-electron chi connectivity index (χ0n) is 12.8. The van der Waals surface area contributed by atoms with Crippen molar-refractivity contribution in [3.8, 4) is 0 Å². The molecule has 0 rings (SSSR count). The maximum atomic E-state index is 13.0. The van der Waals surface area contributed by atoms with Crippen molar-refractivity contribution in [2.75, 3.05) is 6.67 Å². The second kappa shape index (κ2) is 12.3. The summed E-state index contributed by atoms with van der Waals surface area (Å²) in [6.45, 7) is 3.21. The molecule has 0 unspecified atom stereocenters. The molecule has 0 aliphatic heterocycles. The number of rotatable bonds is 11. The molecule has 5 heteroatoms. The molecule has 0 saturated heterocycles. The average Bonchev–Trinajstić information content (AvgIpc) is 2.43. The third-order valence-corrected chi connectivity index (χ3v) is 2.68. The van der Waals surface area contributed by atoms with Gasteiger partial charge in [-0.1, -0.05) is 31.9 Å². The minimum absolute atomic E-state index is 0.141. The third kappa shape index (κ3) is 9.98. The van der Waals surface area contributed by atoms with Crippen LogP contribution in [0.25, 0.3) is 0 Å². The van der Waals surface area contributed by atoms with Crippen LogP contribution in [0.4, 0.5) is 4.39 Å². The highest BCUT2D eigenvalue weighted by molar-refractivity contribution is 5.68. The first-order chi connectivity index (χ1) is 10.1. The Morgan fingerprint density at radius 2 is 1.76 bits per heavy atom. The highest BCUT2D eigenvalue weighted by Crippen LogP contribution is 2.16. The zero-order valence-corrected chi connectivity index (χ0v) is 12.8. The van der Waals surface area contributed by atoms with Crippen LogP contribution in [0.15, 0.2) is 35.3 Å². The lowest BCUT2D eigenvalue weighted by molar-refractivity contribution is -0.0385. The van der Waals surface area contributed by atoms with Crippen LogP contribution in [0.2, 0.25) is 0 Å². The molecule has 0 aliphatic carbocycles. The maximum Gasteiger partial charge on any atom is 0.155 e. The monoisotopic (exact) mass is 299 g/mol. The lowest BCUT2D eigenvalue weighted by atomic mass is 10.1. The van der Waals surface area contributed by atoms with Crippen LogP contribution in [0, 0.1) is 5.41 Å². The zero-order chi connectivity index (χ0) is 16.1. The number of allylic oxidation sites excluding steroid dienone is 5. The van der Waals surface area contributed by atoms with Gasteiger partial charge in [-0.15, -0.1) is 0 Å². The SMILES string of the molecule is CCCC(=CC=C(CF)O/C(=C/C=N)CCC)CC(O)O. The van der Waals surface area contributed by atoms with E-state index in [1.165, 1.54) is 12.2 Å². The summed E-state index contributed by atoms with van der Waals surface area (Å²) in [6.07, 6.45) is 7.59. The molecule has 3 N–H and O–H groups in total. The first-order valence-electron chi connectivity index (χ1n) is 7.25. The Morgan fingerprint density at radius 1 is 1.10 bits per heavy atom. The van der Waals surface area contributed by atoms with Crippen LogP contribution in [-0.4, -0.2) is 29.4 Å². The number of aliphatic hydroxyl groups excluding tert-OH is 1. The molecule has 0 aromatic rings. The lowest BCUT2D eigenvalue weighted by Crippen LogP contribution is -2.05. The Balaban J connectivity index is 4.95. The Hall–Kier alpha value is -1.46. The van der Waals surface area contributed by atoms with Crippen LogP contribution in [-0.2, 0) is 4.74 Å². The molecule has 0 amide bonds. The Labute approximate surface area is 126 Å². The summed E-state index contributed by atoms with van der Waals surface area (Å²) >= 11 is 0. The van der Waals surface area contributed by atoms with Gasteiger partial charge in [0.1, 0.15) is 18.2 Å². The maximum absolute atomic E-state index is 13.0. The minimum atomic E-state index is -1.40. The van der Waals surface area contributed by atoms with Crippen molar-refractivity contribution in [2.45, 2.75) is 52.2 Å². The summed E-state index contributed by atoms with van der Waals surface area (Å²) in [7, 11) is 0. The fourth-order valence-corrected chi connectivity index (χ4v) is 1.80. The lowest BCUT2D eigenvalue weighted by Gasteiger charge is -2.10. The van der Waals surface area contributed by atoms with E-state index in [1.54, 1.807) is 6.08 Å². The van der Waals surface area contributed by atoms with Crippen LogP contribution >= 0.6 is 0 Å². The summed E-state index contributed by atoms with van der Waals surface area (Å²) in [4.78, 5) is 0. The number of halogens is 1. The molecule has 0 heterocycles. The Bertz CT molecular complexity index is 387. The van der Waals surface area contributed by atoms with Gasteiger partial charge in [-0.2, -0.15) is 0 Å². The summed E-state index contributed by atoms with van der Waals surface area (Å²) in [5, 5.41) is 25.1. The van der Waals surface area contributed by atoms with Crippen molar-refractivity contribution in [2.24, 2.45) is 0 Å². The molecule has 0 bridgehead atoms. The summed E-state index contributed by atoms with van der Waals surface area (Å²) in [5.74, 6) is 0.696. The fourth-order valence-electron chi connectivity index (χ4n) is 1.80. The van der Waals surface area contributed by atoms with Gasteiger partial charge in [0, 0.05) is 19.1 Å². The molecule has 0 aromatic carbocycles. The number of alkyl halides is 1. The number of aliphatic hydroxyl groups is 2. The van der Waals surface area contributed by atoms with Crippen molar-refractivity contribution < 1.29 is 19.3 Å². The Kier molecular flexibility index (Phi) is 11.4. The average molecular weight is 299 g/mol. The third-order valence-electron chi connectivity index (χ3n) is 2.68. The first kappa shape index (κ1) is 19.5. The molecule has 0 radical (unpaired) electrons. The Morgan fingerprint density at radius 3 is 2.24 bits per heavy atom. The van der Waals surface area contributed by atoms with E-state index in [9.17, 15) is 4.39 Å².